The van der Waals surface area contributed by atoms with Crippen molar-refractivity contribution >= 4 is 19.0 Å². The number of hydrogen-bond acceptors (Lipinski definition) is 6. The number of H-pyrrole nitrogens is 1. The van der Waals surface area contributed by atoms with Crippen LogP contribution in [0.4, 0.5) is 4.39 Å². The molecular formula is C31H38FN7O2Si. The number of hydrogen-bond donors (Lipinski definition) is 2. The molecule has 11 heteroatoms. The first kappa shape index (κ1) is 28.3. The van der Waals surface area contributed by atoms with Crippen molar-refractivity contribution in [3.8, 4) is 28.4 Å². The van der Waals surface area contributed by atoms with Gasteiger partial charge in [0.15, 0.2) is 17.4 Å². The number of aromatic nitrogens is 6. The summed E-state index contributed by atoms with van der Waals surface area (Å²) >= 11 is 0. The summed E-state index contributed by atoms with van der Waals surface area (Å²) in [5.74, 6) is -0.166. The van der Waals surface area contributed by atoms with Crippen LogP contribution in [0.5, 0.6) is 5.75 Å². The van der Waals surface area contributed by atoms with Gasteiger partial charge in [0, 0.05) is 58.5 Å². The minimum absolute atomic E-state index is 0.327. The number of nitrogens with one attached hydrogen (secondary N) is 1. The van der Waals surface area contributed by atoms with Gasteiger partial charge in [0.1, 0.15) is 12.4 Å². The maximum absolute atomic E-state index is 14.3. The van der Waals surface area contributed by atoms with Gasteiger partial charge in [-0.15, -0.1) is 0 Å². The Bertz CT molecular complexity index is 1750. The Kier molecular flexibility index (Phi) is 7.50. The van der Waals surface area contributed by atoms with Gasteiger partial charge in [-0.05, 0) is 53.4 Å². The molecule has 0 amide bonds. The summed E-state index contributed by atoms with van der Waals surface area (Å²) < 4.78 is 24.5. The number of benzene rings is 2. The van der Waals surface area contributed by atoms with Crippen molar-refractivity contribution < 1.29 is 14.2 Å². The van der Waals surface area contributed by atoms with E-state index in [9.17, 15) is 9.50 Å². The van der Waals surface area contributed by atoms with E-state index in [1.165, 1.54) is 17.7 Å². The number of nitrogens with zero attached hydrogens (tertiary/aromatic N) is 6. The molecule has 0 fully saturated rings. The van der Waals surface area contributed by atoms with Gasteiger partial charge >= 0.3 is 0 Å². The standard InChI is InChI=1S/C31H38FN7O2Si/c1-6-21-12-29(40)25(32)13-24(21)22-7-8-23-26(11-22)35-36-30(23)31-34-27-17-38(16-20-14-33-37(2)15-20)18-28(27)39(31)19-41-9-10-42(3,4)5/h7-8,11-15,40H,6,9-10,16-19H2,1-5H3,(H,35,36). The zero-order chi connectivity index (χ0) is 29.6. The number of rotatable bonds is 10. The number of phenolic OH excluding ortho intramolecular Hbond substituents is 1. The summed E-state index contributed by atoms with van der Waals surface area (Å²) in [5, 5.41) is 23.0. The number of phenols is 1. The Morgan fingerprint density at radius 3 is 2.71 bits per heavy atom. The highest BCUT2D eigenvalue weighted by Crippen LogP contribution is 2.36. The highest BCUT2D eigenvalue weighted by molar-refractivity contribution is 6.76. The summed E-state index contributed by atoms with van der Waals surface area (Å²) in [5.41, 5.74) is 7.48. The van der Waals surface area contributed by atoms with Crippen LogP contribution in [-0.4, -0.2) is 54.2 Å². The van der Waals surface area contributed by atoms with Crippen molar-refractivity contribution in [3.63, 3.8) is 0 Å². The van der Waals surface area contributed by atoms with Gasteiger partial charge in [-0.2, -0.15) is 10.2 Å². The van der Waals surface area contributed by atoms with Crippen molar-refractivity contribution in [1.29, 1.82) is 0 Å². The number of aromatic amines is 1. The van der Waals surface area contributed by atoms with Crippen LogP contribution >= 0.6 is 0 Å². The van der Waals surface area contributed by atoms with E-state index >= 15 is 0 Å². The summed E-state index contributed by atoms with van der Waals surface area (Å²) in [6, 6.07) is 9.98. The Hall–Kier alpha value is -3.80. The van der Waals surface area contributed by atoms with Gasteiger partial charge in [-0.1, -0.05) is 32.6 Å². The normalized spacial score (nSPS) is 13.9. The second-order valence-corrected chi connectivity index (χ2v) is 18.0. The first-order valence-corrected chi connectivity index (χ1v) is 18.2. The molecule has 9 nitrogen and oxygen atoms in total. The van der Waals surface area contributed by atoms with Crippen molar-refractivity contribution in [2.75, 3.05) is 6.61 Å². The van der Waals surface area contributed by atoms with Crippen LogP contribution < -0.4 is 0 Å². The third-order valence-electron chi connectivity index (χ3n) is 7.92. The van der Waals surface area contributed by atoms with Crippen molar-refractivity contribution in [3.05, 3.63) is 71.1 Å². The Balaban J connectivity index is 1.33. The molecule has 2 N–H and O–H groups in total. The average molecular weight is 588 g/mol. The molecule has 0 saturated heterocycles. The van der Waals surface area contributed by atoms with Gasteiger partial charge in [0.05, 0.1) is 23.1 Å². The van der Waals surface area contributed by atoms with E-state index in [2.05, 4.69) is 45.5 Å². The SMILES string of the molecule is CCc1cc(O)c(F)cc1-c1ccc2c(-c3nc4c(n3COCC[Si](C)(C)C)CN(Cc3cnn(C)c3)C4)n[nH]c2c1. The fraction of sp³-hybridized carbons (Fsp3) is 0.387. The lowest BCUT2D eigenvalue weighted by atomic mass is 9.96. The van der Waals surface area contributed by atoms with E-state index in [1.54, 1.807) is 0 Å². The topological polar surface area (TPSA) is 97.0 Å². The molecule has 0 saturated carbocycles. The summed E-state index contributed by atoms with van der Waals surface area (Å²) in [4.78, 5) is 7.48. The summed E-state index contributed by atoms with van der Waals surface area (Å²) in [6.07, 6.45) is 4.64. The molecule has 0 atom stereocenters. The first-order chi connectivity index (χ1) is 20.1. The van der Waals surface area contributed by atoms with Gasteiger partial charge in [-0.25, -0.2) is 9.37 Å². The maximum Gasteiger partial charge on any atom is 0.165 e. The molecule has 4 heterocycles. The van der Waals surface area contributed by atoms with E-state index < -0.39 is 13.9 Å². The van der Waals surface area contributed by atoms with Crippen LogP contribution in [0.3, 0.4) is 0 Å². The number of aryl methyl sites for hydroxylation is 2. The van der Waals surface area contributed by atoms with E-state index in [4.69, 9.17) is 14.8 Å². The second-order valence-electron chi connectivity index (χ2n) is 12.4. The smallest absolute Gasteiger partial charge is 0.165 e. The van der Waals surface area contributed by atoms with Crippen molar-refractivity contribution in [2.24, 2.45) is 7.05 Å². The minimum Gasteiger partial charge on any atom is -0.505 e. The number of ether oxygens (including phenoxy) is 1. The Labute approximate surface area is 246 Å². The maximum atomic E-state index is 14.3. The van der Waals surface area contributed by atoms with Gasteiger partial charge in [-0.3, -0.25) is 14.7 Å². The lowest BCUT2D eigenvalue weighted by Gasteiger charge is -2.18. The highest BCUT2D eigenvalue weighted by Gasteiger charge is 2.29. The molecule has 0 radical (unpaired) electrons. The molecule has 0 spiro atoms. The molecule has 1 aliphatic heterocycles. The molecule has 0 unspecified atom stereocenters. The Morgan fingerprint density at radius 2 is 1.98 bits per heavy atom. The van der Waals surface area contributed by atoms with Gasteiger partial charge in [0.25, 0.3) is 0 Å². The first-order valence-electron chi connectivity index (χ1n) is 14.5. The molecular weight excluding hydrogens is 549 g/mol. The zero-order valence-electron chi connectivity index (χ0n) is 24.9. The van der Waals surface area contributed by atoms with Crippen molar-refractivity contribution in [1.82, 2.24) is 34.4 Å². The van der Waals surface area contributed by atoms with Crippen molar-refractivity contribution in [2.45, 2.75) is 65.4 Å². The molecule has 5 aromatic rings. The number of aromatic hydroxyl groups is 1. The van der Waals surface area contributed by atoms with Crippen LogP contribution in [0.25, 0.3) is 33.5 Å². The minimum atomic E-state index is -1.22. The summed E-state index contributed by atoms with van der Waals surface area (Å²) in [7, 11) is 0.712. The number of halogens is 1. The highest BCUT2D eigenvalue weighted by atomic mass is 28.3. The van der Waals surface area contributed by atoms with Gasteiger partial charge < -0.3 is 14.4 Å². The van der Waals surface area contributed by atoms with Crippen LogP contribution in [0.15, 0.2) is 42.7 Å². The molecule has 2 aromatic carbocycles. The predicted molar refractivity (Wildman–Crippen MR) is 164 cm³/mol. The van der Waals surface area contributed by atoms with E-state index in [0.717, 1.165) is 82.8 Å². The molecule has 3 aromatic heterocycles. The van der Waals surface area contributed by atoms with E-state index in [1.807, 2.05) is 43.0 Å². The Morgan fingerprint density at radius 1 is 1.14 bits per heavy atom. The van der Waals surface area contributed by atoms with E-state index in [0.29, 0.717) is 13.2 Å². The second kappa shape index (κ2) is 11.1. The molecule has 42 heavy (non-hydrogen) atoms. The molecule has 6 rings (SSSR count). The van der Waals surface area contributed by atoms with Crippen LogP contribution in [0.1, 0.15) is 29.4 Å². The molecule has 1 aliphatic rings. The lowest BCUT2D eigenvalue weighted by molar-refractivity contribution is 0.0852. The average Bonchev–Trinajstić information content (AvgIpc) is 3.71. The van der Waals surface area contributed by atoms with Crippen LogP contribution in [0.2, 0.25) is 25.7 Å². The largest absolute Gasteiger partial charge is 0.505 e. The number of fused-ring (bicyclic) bond motifs is 2. The molecule has 0 bridgehead atoms. The van der Waals surface area contributed by atoms with E-state index in [-0.39, 0.29) is 5.75 Å². The third kappa shape index (κ3) is 5.64. The molecule has 220 valence electrons. The fourth-order valence-electron chi connectivity index (χ4n) is 5.62. The third-order valence-corrected chi connectivity index (χ3v) is 9.63. The van der Waals surface area contributed by atoms with Gasteiger partial charge in [0.2, 0.25) is 0 Å². The van der Waals surface area contributed by atoms with Crippen LogP contribution in [0, 0.1) is 5.82 Å². The predicted octanol–water partition coefficient (Wildman–Crippen LogP) is 6.06. The molecule has 0 aliphatic carbocycles. The summed E-state index contributed by atoms with van der Waals surface area (Å²) in [6.45, 7) is 12.5. The zero-order valence-corrected chi connectivity index (χ0v) is 25.9. The fourth-order valence-corrected chi connectivity index (χ4v) is 6.38. The monoisotopic (exact) mass is 587 g/mol. The quantitative estimate of drug-likeness (QED) is 0.152. The lowest BCUT2D eigenvalue weighted by Crippen LogP contribution is -2.22. The number of imidazole rings is 1. The van der Waals surface area contributed by atoms with Crippen LogP contribution in [-0.2, 0) is 44.6 Å².